The number of hydrogen-bond acceptors (Lipinski definition) is 2. The van der Waals surface area contributed by atoms with Crippen molar-refractivity contribution in [2.24, 2.45) is 0 Å². The fourth-order valence-corrected chi connectivity index (χ4v) is 1.46. The van der Waals surface area contributed by atoms with Crippen LogP contribution in [0.3, 0.4) is 0 Å². The second kappa shape index (κ2) is 12.0. The maximum absolute atomic E-state index is 10.9. The molecular formula is C12H24N2O2. The molecular weight excluding hydrogens is 204 g/mol. The predicted molar refractivity (Wildman–Crippen MR) is 66.1 cm³/mol. The molecule has 4 nitrogen and oxygen atoms in total. The van der Waals surface area contributed by atoms with E-state index in [1.165, 1.54) is 25.7 Å². The van der Waals surface area contributed by atoms with Gasteiger partial charge in [0.25, 0.3) is 0 Å². The Hall–Kier alpha value is -1.03. The van der Waals surface area contributed by atoms with Crippen LogP contribution in [0.4, 0.5) is 4.79 Å². The molecule has 0 aliphatic carbocycles. The molecule has 0 aromatic rings. The van der Waals surface area contributed by atoms with Gasteiger partial charge >= 0.3 is 6.03 Å². The first kappa shape index (κ1) is 15.0. The minimum Gasteiger partial charge on any atom is -0.376 e. The van der Waals surface area contributed by atoms with E-state index in [2.05, 4.69) is 17.2 Å². The van der Waals surface area contributed by atoms with E-state index in [0.29, 0.717) is 6.54 Å². The third kappa shape index (κ3) is 11.0. The van der Waals surface area contributed by atoms with Crippen molar-refractivity contribution in [2.45, 2.75) is 44.9 Å². The molecule has 0 aliphatic rings. The summed E-state index contributed by atoms with van der Waals surface area (Å²) in [6.07, 6.45) is 10.2. The number of nitrogens with one attached hydrogen (secondary N) is 2. The van der Waals surface area contributed by atoms with Crippen molar-refractivity contribution in [3.63, 3.8) is 0 Å². The minimum absolute atomic E-state index is 0.298. The van der Waals surface area contributed by atoms with Crippen molar-refractivity contribution < 1.29 is 9.90 Å². The fourth-order valence-electron chi connectivity index (χ4n) is 1.46. The van der Waals surface area contributed by atoms with Crippen LogP contribution >= 0.6 is 0 Å². The maximum Gasteiger partial charge on any atom is 0.316 e. The molecule has 3 N–H and O–H groups in total. The second-order valence-electron chi connectivity index (χ2n) is 3.79. The van der Waals surface area contributed by atoms with Crippen molar-refractivity contribution in [1.82, 2.24) is 10.6 Å². The van der Waals surface area contributed by atoms with Crippen molar-refractivity contribution in [3.05, 3.63) is 12.7 Å². The third-order valence-electron chi connectivity index (χ3n) is 2.36. The molecule has 0 saturated carbocycles. The highest BCUT2D eigenvalue weighted by molar-refractivity contribution is 5.73. The second-order valence-corrected chi connectivity index (χ2v) is 3.79. The lowest BCUT2D eigenvalue weighted by Crippen LogP contribution is -2.36. The lowest BCUT2D eigenvalue weighted by molar-refractivity contribution is 0.217. The SMILES string of the molecule is C=CCCCCCCCCNC(=O)NCO. The number of amides is 2. The smallest absolute Gasteiger partial charge is 0.316 e. The molecule has 0 bridgehead atoms. The first-order chi connectivity index (χ1) is 7.81. The Bertz CT molecular complexity index is 184. The Morgan fingerprint density at radius 3 is 2.31 bits per heavy atom. The average Bonchev–Trinajstić information content (AvgIpc) is 2.27. The number of unbranched alkanes of at least 4 members (excludes halogenated alkanes) is 6. The van der Waals surface area contributed by atoms with Gasteiger partial charge in [-0.3, -0.25) is 0 Å². The summed E-state index contributed by atoms with van der Waals surface area (Å²) in [6, 6.07) is -0.298. The number of allylic oxidation sites excluding steroid dienone is 1. The zero-order valence-electron chi connectivity index (χ0n) is 10.0. The standard InChI is InChI=1S/C12H24N2O2/c1-2-3-4-5-6-7-8-9-10-13-12(16)14-11-15/h2,15H,1,3-11H2,(H2,13,14,16). The van der Waals surface area contributed by atoms with E-state index < -0.39 is 0 Å². The van der Waals surface area contributed by atoms with Crippen molar-refractivity contribution in [1.29, 1.82) is 0 Å². The number of hydrogen-bond donors (Lipinski definition) is 3. The Balaban J connectivity index is 3.03. The molecule has 0 heterocycles. The molecule has 0 spiro atoms. The summed E-state index contributed by atoms with van der Waals surface area (Å²) in [5, 5.41) is 13.3. The molecule has 0 aromatic carbocycles. The molecule has 0 fully saturated rings. The predicted octanol–water partition coefficient (Wildman–Crippen LogP) is 2.15. The molecule has 0 radical (unpaired) electrons. The number of carbonyl (C=O) groups excluding carboxylic acids is 1. The molecule has 0 unspecified atom stereocenters. The Labute approximate surface area is 98.1 Å². The first-order valence-electron chi connectivity index (χ1n) is 6.04. The summed E-state index contributed by atoms with van der Waals surface area (Å²) < 4.78 is 0. The lowest BCUT2D eigenvalue weighted by Gasteiger charge is -2.05. The lowest BCUT2D eigenvalue weighted by atomic mass is 10.1. The monoisotopic (exact) mass is 228 g/mol. The Morgan fingerprint density at radius 1 is 1.06 bits per heavy atom. The van der Waals surface area contributed by atoms with Gasteiger partial charge in [-0.2, -0.15) is 0 Å². The Kier molecular flexibility index (Phi) is 11.3. The topological polar surface area (TPSA) is 61.4 Å². The van der Waals surface area contributed by atoms with Crippen LogP contribution in [0, 0.1) is 0 Å². The van der Waals surface area contributed by atoms with Gasteiger partial charge in [0.2, 0.25) is 0 Å². The van der Waals surface area contributed by atoms with Crippen molar-refractivity contribution in [2.75, 3.05) is 13.3 Å². The van der Waals surface area contributed by atoms with Crippen LogP contribution in [0.1, 0.15) is 44.9 Å². The number of carbonyl (C=O) groups is 1. The van der Waals surface area contributed by atoms with Crippen LogP contribution in [0.25, 0.3) is 0 Å². The van der Waals surface area contributed by atoms with E-state index in [1.54, 1.807) is 0 Å². The summed E-state index contributed by atoms with van der Waals surface area (Å²) in [7, 11) is 0. The molecule has 4 heteroatoms. The van der Waals surface area contributed by atoms with Crippen molar-refractivity contribution >= 4 is 6.03 Å². The average molecular weight is 228 g/mol. The van der Waals surface area contributed by atoms with E-state index in [9.17, 15) is 4.79 Å². The molecule has 0 aromatic heterocycles. The summed E-state index contributed by atoms with van der Waals surface area (Å²) in [5.41, 5.74) is 0. The largest absolute Gasteiger partial charge is 0.376 e. The zero-order chi connectivity index (χ0) is 12.1. The molecule has 0 rings (SSSR count). The third-order valence-corrected chi connectivity index (χ3v) is 2.36. The molecule has 2 amide bonds. The highest BCUT2D eigenvalue weighted by atomic mass is 16.3. The highest BCUT2D eigenvalue weighted by Crippen LogP contribution is 2.06. The maximum atomic E-state index is 10.9. The first-order valence-corrected chi connectivity index (χ1v) is 6.04. The van der Waals surface area contributed by atoms with Crippen LogP contribution in [0.2, 0.25) is 0 Å². The van der Waals surface area contributed by atoms with E-state index >= 15 is 0 Å². The summed E-state index contributed by atoms with van der Waals surface area (Å²) >= 11 is 0. The summed E-state index contributed by atoms with van der Waals surface area (Å²) in [4.78, 5) is 10.9. The molecule has 94 valence electrons. The molecule has 0 atom stereocenters. The van der Waals surface area contributed by atoms with Crippen LogP contribution in [-0.4, -0.2) is 24.4 Å². The number of rotatable bonds is 10. The van der Waals surface area contributed by atoms with Gasteiger partial charge in [-0.25, -0.2) is 4.79 Å². The van der Waals surface area contributed by atoms with Gasteiger partial charge in [-0.05, 0) is 19.3 Å². The zero-order valence-corrected chi connectivity index (χ0v) is 10.0. The fraction of sp³-hybridized carbons (Fsp3) is 0.750. The van der Waals surface area contributed by atoms with Gasteiger partial charge in [0, 0.05) is 6.54 Å². The van der Waals surface area contributed by atoms with Crippen LogP contribution in [-0.2, 0) is 0 Å². The normalized spacial score (nSPS) is 9.81. The number of aliphatic hydroxyl groups is 1. The van der Waals surface area contributed by atoms with Crippen LogP contribution in [0.15, 0.2) is 12.7 Å². The molecule has 0 aliphatic heterocycles. The van der Waals surface area contributed by atoms with Crippen LogP contribution in [0.5, 0.6) is 0 Å². The van der Waals surface area contributed by atoms with Crippen LogP contribution < -0.4 is 10.6 Å². The number of urea groups is 1. The quantitative estimate of drug-likeness (QED) is 0.305. The van der Waals surface area contributed by atoms with E-state index in [1.807, 2.05) is 6.08 Å². The summed E-state index contributed by atoms with van der Waals surface area (Å²) in [6.45, 7) is 4.06. The number of aliphatic hydroxyl groups excluding tert-OH is 1. The van der Waals surface area contributed by atoms with E-state index in [-0.39, 0.29) is 12.8 Å². The van der Waals surface area contributed by atoms with E-state index in [4.69, 9.17) is 5.11 Å². The van der Waals surface area contributed by atoms with Gasteiger partial charge < -0.3 is 15.7 Å². The van der Waals surface area contributed by atoms with Gasteiger partial charge in [-0.1, -0.05) is 31.8 Å². The van der Waals surface area contributed by atoms with Gasteiger partial charge in [0.05, 0.1) is 0 Å². The minimum atomic E-state index is -0.310. The molecule has 16 heavy (non-hydrogen) atoms. The van der Waals surface area contributed by atoms with Gasteiger partial charge in [0.15, 0.2) is 0 Å². The highest BCUT2D eigenvalue weighted by Gasteiger charge is 1.96. The van der Waals surface area contributed by atoms with Crippen molar-refractivity contribution in [3.8, 4) is 0 Å². The Morgan fingerprint density at radius 2 is 1.69 bits per heavy atom. The van der Waals surface area contributed by atoms with Gasteiger partial charge in [-0.15, -0.1) is 6.58 Å². The van der Waals surface area contributed by atoms with Gasteiger partial charge in [0.1, 0.15) is 6.73 Å². The summed E-state index contributed by atoms with van der Waals surface area (Å²) in [5.74, 6) is 0. The molecule has 0 saturated heterocycles. The van der Waals surface area contributed by atoms with E-state index in [0.717, 1.165) is 19.3 Å².